The highest BCUT2D eigenvalue weighted by atomic mass is 15.3. The van der Waals surface area contributed by atoms with Gasteiger partial charge in [0.15, 0.2) is 0 Å². The summed E-state index contributed by atoms with van der Waals surface area (Å²) in [5, 5.41) is 9.30. The minimum absolute atomic E-state index is 0.286. The van der Waals surface area contributed by atoms with Gasteiger partial charge in [0, 0.05) is 25.2 Å². The van der Waals surface area contributed by atoms with Crippen molar-refractivity contribution in [2.24, 2.45) is 5.92 Å². The number of hydrogen-bond donors (Lipinski definition) is 0. The molecule has 0 N–H and O–H groups in total. The monoisotopic (exact) mass is 249 g/mol. The van der Waals surface area contributed by atoms with Crippen LogP contribution in [-0.2, 0) is 0 Å². The van der Waals surface area contributed by atoms with Crippen LogP contribution in [-0.4, -0.2) is 48.1 Å². The molecule has 0 aromatic carbocycles. The predicted molar refractivity (Wildman–Crippen MR) is 74.3 cm³/mol. The van der Waals surface area contributed by atoms with Crippen LogP contribution in [0.15, 0.2) is 0 Å². The van der Waals surface area contributed by atoms with Gasteiger partial charge in [-0.25, -0.2) is 0 Å². The fourth-order valence-electron chi connectivity index (χ4n) is 3.81. The van der Waals surface area contributed by atoms with Crippen LogP contribution >= 0.6 is 0 Å². The van der Waals surface area contributed by atoms with Crippen molar-refractivity contribution < 1.29 is 0 Å². The Morgan fingerprint density at radius 3 is 2.56 bits per heavy atom. The average molecular weight is 249 g/mol. The molecule has 1 saturated carbocycles. The van der Waals surface area contributed by atoms with E-state index < -0.39 is 0 Å². The van der Waals surface area contributed by atoms with Crippen LogP contribution in [0, 0.1) is 17.2 Å². The zero-order valence-electron chi connectivity index (χ0n) is 11.9. The summed E-state index contributed by atoms with van der Waals surface area (Å²) in [6.07, 6.45) is 6.21. The molecule has 3 unspecified atom stereocenters. The van der Waals surface area contributed by atoms with E-state index in [1.54, 1.807) is 0 Å². The smallest absolute Gasteiger partial charge is 0.0672 e. The Hall–Kier alpha value is -0.590. The molecule has 0 bridgehead atoms. The summed E-state index contributed by atoms with van der Waals surface area (Å²) in [5.74, 6) is 0.286. The normalized spacial score (nSPS) is 33.8. The third-order valence-corrected chi connectivity index (χ3v) is 4.89. The molecular formula is C15H27N3. The van der Waals surface area contributed by atoms with E-state index in [0.717, 1.165) is 25.6 Å². The summed E-state index contributed by atoms with van der Waals surface area (Å²) in [7, 11) is 0. The van der Waals surface area contributed by atoms with Crippen LogP contribution < -0.4 is 0 Å². The van der Waals surface area contributed by atoms with Gasteiger partial charge in [0.05, 0.1) is 12.0 Å². The Morgan fingerprint density at radius 2 is 1.89 bits per heavy atom. The van der Waals surface area contributed by atoms with Crippen molar-refractivity contribution in [3.63, 3.8) is 0 Å². The van der Waals surface area contributed by atoms with Crippen molar-refractivity contribution in [3.05, 3.63) is 0 Å². The highest BCUT2D eigenvalue weighted by Gasteiger charge is 2.35. The molecule has 0 radical (unpaired) electrons. The van der Waals surface area contributed by atoms with Gasteiger partial charge in [-0.3, -0.25) is 9.80 Å². The molecule has 1 heterocycles. The lowest BCUT2D eigenvalue weighted by molar-refractivity contribution is 0.137. The molecule has 3 atom stereocenters. The molecule has 2 rings (SSSR count). The van der Waals surface area contributed by atoms with Crippen molar-refractivity contribution in [3.8, 4) is 6.07 Å². The summed E-state index contributed by atoms with van der Waals surface area (Å²) < 4.78 is 0. The molecule has 3 nitrogen and oxygen atoms in total. The maximum Gasteiger partial charge on any atom is 0.0672 e. The maximum absolute atomic E-state index is 9.30. The van der Waals surface area contributed by atoms with Gasteiger partial charge in [0.1, 0.15) is 0 Å². The molecule has 0 aromatic heterocycles. The largest absolute Gasteiger partial charge is 0.300 e. The molecule has 0 aromatic rings. The minimum atomic E-state index is 0.286. The summed E-state index contributed by atoms with van der Waals surface area (Å²) in [4.78, 5) is 5.18. The summed E-state index contributed by atoms with van der Waals surface area (Å²) in [6.45, 7) is 9.20. The number of nitriles is 1. The van der Waals surface area contributed by atoms with Crippen molar-refractivity contribution in [1.82, 2.24) is 9.80 Å². The van der Waals surface area contributed by atoms with E-state index in [0.29, 0.717) is 6.04 Å². The molecule has 1 aliphatic carbocycles. The molecule has 2 fully saturated rings. The highest BCUT2D eigenvalue weighted by molar-refractivity contribution is 4.98. The number of likely N-dealkylation sites (tertiary alicyclic amines) is 1. The van der Waals surface area contributed by atoms with Crippen molar-refractivity contribution in [2.45, 2.75) is 58.0 Å². The Balaban J connectivity index is 1.93. The van der Waals surface area contributed by atoms with E-state index >= 15 is 0 Å². The third kappa shape index (κ3) is 2.87. The van der Waals surface area contributed by atoms with Gasteiger partial charge >= 0.3 is 0 Å². The van der Waals surface area contributed by atoms with Crippen molar-refractivity contribution >= 4 is 0 Å². The zero-order chi connectivity index (χ0) is 13.0. The fraction of sp³-hybridized carbons (Fsp3) is 0.933. The standard InChI is InChI=1S/C15H27N3/c1-3-17(4-2)14-9-10-18(12-14)15-8-6-5-7-13(15)11-16/h13-15H,3-10,12H2,1-2H3. The molecule has 3 heteroatoms. The van der Waals surface area contributed by atoms with Gasteiger partial charge in [-0.15, -0.1) is 0 Å². The molecular weight excluding hydrogens is 222 g/mol. The highest BCUT2D eigenvalue weighted by Crippen LogP contribution is 2.31. The molecule has 18 heavy (non-hydrogen) atoms. The first-order chi connectivity index (χ1) is 8.80. The molecule has 2 aliphatic rings. The van der Waals surface area contributed by atoms with E-state index in [1.165, 1.54) is 38.8 Å². The van der Waals surface area contributed by atoms with E-state index in [9.17, 15) is 5.26 Å². The van der Waals surface area contributed by atoms with Crippen molar-refractivity contribution in [1.29, 1.82) is 5.26 Å². The van der Waals surface area contributed by atoms with Gasteiger partial charge < -0.3 is 0 Å². The summed E-state index contributed by atoms with van der Waals surface area (Å²) >= 11 is 0. The molecule has 1 aliphatic heterocycles. The van der Waals surface area contributed by atoms with Crippen LogP contribution in [0.4, 0.5) is 0 Å². The number of hydrogen-bond acceptors (Lipinski definition) is 3. The van der Waals surface area contributed by atoms with Crippen LogP contribution in [0.1, 0.15) is 46.0 Å². The number of rotatable bonds is 4. The first-order valence-corrected chi connectivity index (χ1v) is 7.67. The minimum Gasteiger partial charge on any atom is -0.300 e. The summed E-state index contributed by atoms with van der Waals surface area (Å²) in [5.41, 5.74) is 0. The number of likely N-dealkylation sites (N-methyl/N-ethyl adjacent to an activating group) is 1. The van der Waals surface area contributed by atoms with Gasteiger partial charge in [0.2, 0.25) is 0 Å². The quantitative estimate of drug-likeness (QED) is 0.767. The molecule has 1 saturated heterocycles. The maximum atomic E-state index is 9.30. The first-order valence-electron chi connectivity index (χ1n) is 7.67. The topological polar surface area (TPSA) is 30.3 Å². The van der Waals surface area contributed by atoms with Gasteiger partial charge in [-0.1, -0.05) is 26.7 Å². The second-order valence-electron chi connectivity index (χ2n) is 5.75. The molecule has 0 amide bonds. The van der Waals surface area contributed by atoms with Gasteiger partial charge in [-0.05, 0) is 32.4 Å². The van der Waals surface area contributed by atoms with Crippen LogP contribution in [0.5, 0.6) is 0 Å². The van der Waals surface area contributed by atoms with Crippen LogP contribution in [0.3, 0.4) is 0 Å². The van der Waals surface area contributed by atoms with Gasteiger partial charge in [0.25, 0.3) is 0 Å². The second kappa shape index (κ2) is 6.54. The Morgan fingerprint density at radius 1 is 1.17 bits per heavy atom. The molecule has 0 spiro atoms. The number of nitrogens with zero attached hydrogens (tertiary/aromatic N) is 3. The van der Waals surface area contributed by atoms with E-state index in [-0.39, 0.29) is 5.92 Å². The Labute approximate surface area is 112 Å². The van der Waals surface area contributed by atoms with E-state index in [1.807, 2.05) is 0 Å². The predicted octanol–water partition coefficient (Wildman–Crippen LogP) is 2.48. The second-order valence-corrected chi connectivity index (χ2v) is 5.75. The van der Waals surface area contributed by atoms with Crippen LogP contribution in [0.2, 0.25) is 0 Å². The SMILES string of the molecule is CCN(CC)C1CCN(C2CCCCC2C#N)C1. The molecule has 102 valence electrons. The summed E-state index contributed by atoms with van der Waals surface area (Å²) in [6, 6.07) is 3.82. The fourth-order valence-corrected chi connectivity index (χ4v) is 3.81. The lowest BCUT2D eigenvalue weighted by Crippen LogP contribution is -2.43. The zero-order valence-corrected chi connectivity index (χ0v) is 11.9. The van der Waals surface area contributed by atoms with E-state index in [4.69, 9.17) is 0 Å². The Bertz CT molecular complexity index is 293. The Kier molecular flexibility index (Phi) is 5.03. The third-order valence-electron chi connectivity index (χ3n) is 4.89. The van der Waals surface area contributed by atoms with Crippen LogP contribution in [0.25, 0.3) is 0 Å². The average Bonchev–Trinajstić information content (AvgIpc) is 2.89. The lowest BCUT2D eigenvalue weighted by atomic mass is 9.84. The van der Waals surface area contributed by atoms with Gasteiger partial charge in [-0.2, -0.15) is 5.26 Å². The first kappa shape index (κ1) is 13.8. The van der Waals surface area contributed by atoms with Crippen molar-refractivity contribution in [2.75, 3.05) is 26.2 Å². The lowest BCUT2D eigenvalue weighted by Gasteiger charge is -2.35. The van der Waals surface area contributed by atoms with E-state index in [2.05, 4.69) is 29.7 Å².